The maximum Gasteiger partial charge on any atom is 0.265 e. The Morgan fingerprint density at radius 2 is 2.00 bits per heavy atom. The number of carbonyl (C=O) groups excluding carboxylic acids is 1. The van der Waals surface area contributed by atoms with Crippen molar-refractivity contribution in [2.24, 2.45) is 5.92 Å². The lowest BCUT2D eigenvalue weighted by Gasteiger charge is -2.08. The average molecular weight is 222 g/mol. The van der Waals surface area contributed by atoms with Crippen LogP contribution in [-0.2, 0) is 11.3 Å². The van der Waals surface area contributed by atoms with Gasteiger partial charge in [0.25, 0.3) is 11.1 Å². The SMILES string of the molecule is O=C(Cn1[nH]c(=O)ccc1=O)C1CCCC1. The second-order valence-electron chi connectivity index (χ2n) is 4.18. The number of aromatic nitrogens is 2. The molecule has 2 rings (SSSR count). The molecule has 5 heteroatoms. The fourth-order valence-electron chi connectivity index (χ4n) is 2.11. The molecule has 0 spiro atoms. The summed E-state index contributed by atoms with van der Waals surface area (Å²) in [6.07, 6.45) is 3.97. The molecule has 1 saturated carbocycles. The number of ketones is 1. The number of carbonyl (C=O) groups is 1. The highest BCUT2D eigenvalue weighted by atomic mass is 16.2. The van der Waals surface area contributed by atoms with Gasteiger partial charge in [-0.25, -0.2) is 4.68 Å². The van der Waals surface area contributed by atoms with Crippen LogP contribution < -0.4 is 11.1 Å². The summed E-state index contributed by atoms with van der Waals surface area (Å²) in [6.45, 7) is -0.0143. The van der Waals surface area contributed by atoms with Crippen LogP contribution in [-0.4, -0.2) is 15.6 Å². The summed E-state index contributed by atoms with van der Waals surface area (Å²) < 4.78 is 1.09. The van der Waals surface area contributed by atoms with Crippen LogP contribution >= 0.6 is 0 Å². The minimum absolute atomic E-state index is 0.0143. The molecular formula is C11H14N2O3. The third kappa shape index (κ3) is 2.29. The number of aromatic amines is 1. The Balaban J connectivity index is 2.14. The van der Waals surface area contributed by atoms with Crippen LogP contribution in [0.4, 0.5) is 0 Å². The van der Waals surface area contributed by atoms with E-state index in [-0.39, 0.29) is 29.4 Å². The summed E-state index contributed by atoms with van der Waals surface area (Å²) in [5, 5.41) is 2.36. The largest absolute Gasteiger partial charge is 0.297 e. The molecule has 1 aliphatic carbocycles. The minimum Gasteiger partial charge on any atom is -0.297 e. The molecule has 0 atom stereocenters. The predicted molar refractivity (Wildman–Crippen MR) is 58.3 cm³/mol. The maximum atomic E-state index is 11.8. The van der Waals surface area contributed by atoms with E-state index in [0.717, 1.165) is 30.4 Å². The lowest BCUT2D eigenvalue weighted by Crippen LogP contribution is -2.32. The maximum absolute atomic E-state index is 11.8. The number of H-pyrrole nitrogens is 1. The zero-order valence-electron chi connectivity index (χ0n) is 8.94. The van der Waals surface area contributed by atoms with E-state index in [1.54, 1.807) is 0 Å². The van der Waals surface area contributed by atoms with Crippen LogP contribution in [0.1, 0.15) is 25.7 Å². The van der Waals surface area contributed by atoms with E-state index in [1.165, 1.54) is 12.1 Å². The van der Waals surface area contributed by atoms with Crippen LogP contribution in [0.2, 0.25) is 0 Å². The van der Waals surface area contributed by atoms with E-state index >= 15 is 0 Å². The molecule has 0 saturated heterocycles. The van der Waals surface area contributed by atoms with Gasteiger partial charge in [-0.2, -0.15) is 0 Å². The van der Waals surface area contributed by atoms with Crippen molar-refractivity contribution in [3.8, 4) is 0 Å². The molecule has 0 unspecified atom stereocenters. The standard InChI is InChI=1S/C11H14N2O3/c14-9(8-3-1-2-4-8)7-13-11(16)6-5-10(15)12-13/h5-6,8H,1-4,7H2,(H,12,15). The number of hydrogen-bond donors (Lipinski definition) is 1. The molecule has 1 heterocycles. The first-order chi connectivity index (χ1) is 7.66. The van der Waals surface area contributed by atoms with E-state index in [1.807, 2.05) is 0 Å². The Hall–Kier alpha value is -1.65. The lowest BCUT2D eigenvalue weighted by molar-refractivity contribution is -0.123. The van der Waals surface area contributed by atoms with Gasteiger partial charge in [-0.15, -0.1) is 0 Å². The van der Waals surface area contributed by atoms with Gasteiger partial charge >= 0.3 is 0 Å². The fraction of sp³-hybridized carbons (Fsp3) is 0.545. The molecule has 1 aliphatic rings. The van der Waals surface area contributed by atoms with E-state index in [9.17, 15) is 14.4 Å². The van der Waals surface area contributed by atoms with Gasteiger partial charge < -0.3 is 0 Å². The van der Waals surface area contributed by atoms with E-state index in [0.29, 0.717) is 0 Å². The Morgan fingerprint density at radius 3 is 2.69 bits per heavy atom. The van der Waals surface area contributed by atoms with Gasteiger partial charge in [0, 0.05) is 18.1 Å². The van der Waals surface area contributed by atoms with Crippen molar-refractivity contribution < 1.29 is 4.79 Å². The first-order valence-electron chi connectivity index (χ1n) is 5.50. The van der Waals surface area contributed by atoms with Crippen LogP contribution in [0.15, 0.2) is 21.7 Å². The fourth-order valence-corrected chi connectivity index (χ4v) is 2.11. The normalized spacial score (nSPS) is 16.5. The van der Waals surface area contributed by atoms with Crippen molar-refractivity contribution in [3.63, 3.8) is 0 Å². The van der Waals surface area contributed by atoms with E-state index in [2.05, 4.69) is 5.10 Å². The van der Waals surface area contributed by atoms with Gasteiger partial charge in [-0.05, 0) is 12.8 Å². The first kappa shape index (κ1) is 10.9. The van der Waals surface area contributed by atoms with Gasteiger partial charge in [0.2, 0.25) is 0 Å². The monoisotopic (exact) mass is 222 g/mol. The molecule has 16 heavy (non-hydrogen) atoms. The lowest BCUT2D eigenvalue weighted by atomic mass is 10.0. The van der Waals surface area contributed by atoms with Crippen molar-refractivity contribution >= 4 is 5.78 Å². The van der Waals surface area contributed by atoms with Crippen LogP contribution in [0.25, 0.3) is 0 Å². The highest BCUT2D eigenvalue weighted by Crippen LogP contribution is 2.25. The quantitative estimate of drug-likeness (QED) is 0.799. The average Bonchev–Trinajstić information content (AvgIpc) is 2.76. The van der Waals surface area contributed by atoms with Gasteiger partial charge in [-0.3, -0.25) is 19.5 Å². The number of rotatable bonds is 3. The second-order valence-corrected chi connectivity index (χ2v) is 4.18. The highest BCUT2D eigenvalue weighted by Gasteiger charge is 2.22. The van der Waals surface area contributed by atoms with Crippen molar-refractivity contribution in [1.29, 1.82) is 0 Å². The summed E-state index contributed by atoms with van der Waals surface area (Å²) in [5.41, 5.74) is -0.704. The number of nitrogens with zero attached hydrogens (tertiary/aromatic N) is 1. The third-order valence-electron chi connectivity index (χ3n) is 3.01. The summed E-state index contributed by atoms with van der Waals surface area (Å²) in [6, 6.07) is 2.35. The highest BCUT2D eigenvalue weighted by molar-refractivity contribution is 5.80. The zero-order chi connectivity index (χ0) is 11.5. The number of hydrogen-bond acceptors (Lipinski definition) is 3. The molecule has 0 aromatic carbocycles. The van der Waals surface area contributed by atoms with Gasteiger partial charge in [0.1, 0.15) is 6.54 Å². The van der Waals surface area contributed by atoms with E-state index in [4.69, 9.17) is 0 Å². The Bertz CT molecular complexity index is 494. The second kappa shape index (κ2) is 4.47. The number of nitrogens with one attached hydrogen (secondary N) is 1. The molecular weight excluding hydrogens is 208 g/mol. The van der Waals surface area contributed by atoms with Gasteiger partial charge in [0.15, 0.2) is 5.78 Å². The number of Topliss-reactive ketones (excluding diaryl/α,β-unsaturated/α-hetero) is 1. The Labute approximate surface area is 92.1 Å². The van der Waals surface area contributed by atoms with Crippen molar-refractivity contribution in [1.82, 2.24) is 9.78 Å². The van der Waals surface area contributed by atoms with Crippen molar-refractivity contribution in [3.05, 3.63) is 32.8 Å². The van der Waals surface area contributed by atoms with Gasteiger partial charge in [-0.1, -0.05) is 12.8 Å². The van der Waals surface area contributed by atoms with Crippen molar-refractivity contribution in [2.45, 2.75) is 32.2 Å². The molecule has 0 radical (unpaired) electrons. The molecule has 86 valence electrons. The molecule has 0 aliphatic heterocycles. The molecule has 5 nitrogen and oxygen atoms in total. The summed E-state index contributed by atoms with van der Waals surface area (Å²) in [4.78, 5) is 34.2. The zero-order valence-corrected chi connectivity index (χ0v) is 8.94. The summed E-state index contributed by atoms with van der Waals surface area (Å²) >= 11 is 0. The summed E-state index contributed by atoms with van der Waals surface area (Å²) in [7, 11) is 0. The molecule has 1 fully saturated rings. The molecule has 1 aromatic rings. The molecule has 1 N–H and O–H groups in total. The van der Waals surface area contributed by atoms with Crippen molar-refractivity contribution in [2.75, 3.05) is 0 Å². The van der Waals surface area contributed by atoms with Gasteiger partial charge in [0.05, 0.1) is 0 Å². The van der Waals surface area contributed by atoms with Crippen LogP contribution in [0.3, 0.4) is 0 Å². The smallest absolute Gasteiger partial charge is 0.265 e. The minimum atomic E-state index is -0.362. The molecule has 0 amide bonds. The summed E-state index contributed by atoms with van der Waals surface area (Å²) in [5.74, 6) is 0.108. The topological polar surface area (TPSA) is 71.9 Å². The predicted octanol–water partition coefficient (Wildman–Crippen LogP) is 0.296. The Kier molecular flexibility index (Phi) is 3.03. The third-order valence-corrected chi connectivity index (χ3v) is 3.01. The first-order valence-corrected chi connectivity index (χ1v) is 5.50. The van der Waals surface area contributed by atoms with Crippen LogP contribution in [0, 0.1) is 5.92 Å². The molecule has 0 bridgehead atoms. The van der Waals surface area contributed by atoms with Crippen LogP contribution in [0.5, 0.6) is 0 Å². The molecule has 1 aromatic heterocycles. The van der Waals surface area contributed by atoms with E-state index < -0.39 is 0 Å². The Morgan fingerprint density at radius 1 is 1.31 bits per heavy atom.